The molecular weight excluding hydrogens is 384 g/mol. The summed E-state index contributed by atoms with van der Waals surface area (Å²) in [7, 11) is 0. The second kappa shape index (κ2) is 7.04. The highest BCUT2D eigenvalue weighted by Gasteiger charge is 2.23. The molecule has 0 radical (unpaired) electrons. The summed E-state index contributed by atoms with van der Waals surface area (Å²) < 4.78 is 12.9. The normalized spacial score (nSPS) is 12.5. The van der Waals surface area contributed by atoms with Gasteiger partial charge in [0.1, 0.15) is 17.7 Å². The van der Waals surface area contributed by atoms with Gasteiger partial charge in [0.25, 0.3) is 5.56 Å². The minimum absolute atomic E-state index is 0.182. The lowest BCUT2D eigenvalue weighted by atomic mass is 10.3. The third-order valence-electron chi connectivity index (χ3n) is 4.25. The zero-order valence-corrected chi connectivity index (χ0v) is 15.9. The van der Waals surface area contributed by atoms with Crippen LogP contribution in [-0.4, -0.2) is 25.1 Å². The molecule has 3 aromatic heterocycles. The zero-order valence-electron chi connectivity index (χ0n) is 15.1. The van der Waals surface area contributed by atoms with Gasteiger partial charge in [-0.05, 0) is 25.5 Å². The smallest absolute Gasteiger partial charge is 0.420 e. The first-order valence-electron chi connectivity index (χ1n) is 8.63. The van der Waals surface area contributed by atoms with E-state index in [1.807, 2.05) is 6.92 Å². The van der Waals surface area contributed by atoms with Crippen LogP contribution in [0.2, 0.25) is 0 Å². The average Bonchev–Trinajstić information content (AvgIpc) is 3.25. The lowest BCUT2D eigenvalue weighted by Gasteiger charge is -2.12. The number of hydrogen-bond acceptors (Lipinski definition) is 8. The topological polar surface area (TPSA) is 109 Å². The van der Waals surface area contributed by atoms with Crippen molar-refractivity contribution in [1.29, 1.82) is 0 Å². The first kappa shape index (κ1) is 18.1. The third-order valence-corrected chi connectivity index (χ3v) is 5.30. The highest BCUT2D eigenvalue weighted by Crippen LogP contribution is 2.18. The van der Waals surface area contributed by atoms with Crippen LogP contribution in [0.3, 0.4) is 0 Å². The monoisotopic (exact) mass is 400 g/mol. The molecule has 0 N–H and O–H groups in total. The second-order valence-electron chi connectivity index (χ2n) is 6.12. The van der Waals surface area contributed by atoms with Gasteiger partial charge < -0.3 is 9.15 Å². The number of aromatic nitrogens is 4. The van der Waals surface area contributed by atoms with Gasteiger partial charge >= 0.3 is 11.7 Å². The highest BCUT2D eigenvalue weighted by atomic mass is 32.1. The van der Waals surface area contributed by atoms with Crippen molar-refractivity contribution in [2.75, 3.05) is 0 Å². The molecule has 3 heterocycles. The summed E-state index contributed by atoms with van der Waals surface area (Å²) in [5.41, 5.74) is 0.883. The van der Waals surface area contributed by atoms with E-state index in [2.05, 4.69) is 10.1 Å². The molecule has 0 fully saturated rings. The number of esters is 1. The van der Waals surface area contributed by atoms with Gasteiger partial charge in [0.2, 0.25) is 4.96 Å². The van der Waals surface area contributed by atoms with Crippen molar-refractivity contribution in [2.45, 2.75) is 32.9 Å². The maximum Gasteiger partial charge on any atom is 0.420 e. The molecule has 4 aromatic rings. The number of carbonyl (C=O) groups is 1. The minimum Gasteiger partial charge on any atom is -0.458 e. The molecule has 144 valence electrons. The van der Waals surface area contributed by atoms with Crippen LogP contribution in [-0.2, 0) is 22.6 Å². The Morgan fingerprint density at radius 2 is 2.11 bits per heavy atom. The van der Waals surface area contributed by atoms with Crippen molar-refractivity contribution in [3.63, 3.8) is 0 Å². The van der Waals surface area contributed by atoms with Gasteiger partial charge in [0.05, 0.1) is 11.2 Å². The van der Waals surface area contributed by atoms with E-state index < -0.39 is 17.8 Å². The van der Waals surface area contributed by atoms with E-state index in [1.54, 1.807) is 31.2 Å². The summed E-state index contributed by atoms with van der Waals surface area (Å²) in [6.07, 6.45) is 0.697. The molecule has 0 aliphatic heterocycles. The van der Waals surface area contributed by atoms with Crippen molar-refractivity contribution in [1.82, 2.24) is 19.2 Å². The molecular formula is C18H16N4O5S. The summed E-state index contributed by atoms with van der Waals surface area (Å²) in [6, 6.07) is 7.22. The van der Waals surface area contributed by atoms with Crippen molar-refractivity contribution in [3.05, 3.63) is 61.9 Å². The first-order chi connectivity index (χ1) is 13.5. The number of ether oxygens (including phenoxy) is 1. The maximum absolute atomic E-state index is 12.5. The van der Waals surface area contributed by atoms with Crippen LogP contribution in [0.25, 0.3) is 16.1 Å². The quantitative estimate of drug-likeness (QED) is 0.471. The number of nitrogens with zero attached hydrogens (tertiary/aromatic N) is 4. The van der Waals surface area contributed by atoms with Gasteiger partial charge in [0.15, 0.2) is 5.58 Å². The molecule has 4 rings (SSSR count). The summed E-state index contributed by atoms with van der Waals surface area (Å²) >= 11 is 1.31. The van der Waals surface area contributed by atoms with Gasteiger partial charge in [-0.2, -0.15) is 9.61 Å². The Hall–Kier alpha value is -3.27. The van der Waals surface area contributed by atoms with Crippen LogP contribution in [0.1, 0.15) is 30.6 Å². The van der Waals surface area contributed by atoms with Crippen LogP contribution in [0, 0.1) is 0 Å². The summed E-state index contributed by atoms with van der Waals surface area (Å²) in [5.74, 6) is -1.27. The summed E-state index contributed by atoms with van der Waals surface area (Å²) in [6.45, 7) is 3.31. The van der Waals surface area contributed by atoms with E-state index in [0.717, 1.165) is 5.01 Å². The molecule has 0 spiro atoms. The van der Waals surface area contributed by atoms with Crippen LogP contribution in [0.15, 0.2) is 44.3 Å². The predicted molar refractivity (Wildman–Crippen MR) is 101 cm³/mol. The van der Waals surface area contributed by atoms with Crippen LogP contribution in [0.5, 0.6) is 0 Å². The third kappa shape index (κ3) is 3.11. The standard InChI is InChI=1S/C18H16N4O5S/c1-3-14-20-22-15(23)8-11(19-17(22)28-14)9-26-16(24)10(2)21-12-6-4-5-7-13(12)27-18(21)25/h4-8,10H,3,9H2,1-2H3/t10-/m0/s1. The van der Waals surface area contributed by atoms with Crippen molar-refractivity contribution >= 4 is 33.4 Å². The predicted octanol–water partition coefficient (Wildman–Crippen LogP) is 1.93. The lowest BCUT2D eigenvalue weighted by molar-refractivity contribution is -0.148. The van der Waals surface area contributed by atoms with E-state index in [0.29, 0.717) is 28.2 Å². The maximum atomic E-state index is 12.5. The fraction of sp³-hybridized carbons (Fsp3) is 0.278. The number of oxazole rings is 1. The number of fused-ring (bicyclic) bond motifs is 2. The van der Waals surface area contributed by atoms with Gasteiger partial charge in [0, 0.05) is 6.07 Å². The zero-order chi connectivity index (χ0) is 19.8. The molecule has 0 saturated carbocycles. The molecule has 0 bridgehead atoms. The molecule has 0 aliphatic rings. The number of carbonyl (C=O) groups excluding carboxylic acids is 1. The second-order valence-corrected chi connectivity index (χ2v) is 7.16. The number of rotatable bonds is 5. The molecule has 0 aliphatic carbocycles. The summed E-state index contributed by atoms with van der Waals surface area (Å²) in [4.78, 5) is 41.5. The lowest BCUT2D eigenvalue weighted by Crippen LogP contribution is -2.26. The van der Waals surface area contributed by atoms with E-state index in [9.17, 15) is 14.4 Å². The van der Waals surface area contributed by atoms with Crippen LogP contribution in [0.4, 0.5) is 0 Å². The largest absolute Gasteiger partial charge is 0.458 e. The highest BCUT2D eigenvalue weighted by molar-refractivity contribution is 7.16. The fourth-order valence-corrected chi connectivity index (χ4v) is 3.69. The Morgan fingerprint density at radius 3 is 2.89 bits per heavy atom. The van der Waals surface area contributed by atoms with E-state index in [-0.39, 0.29) is 12.2 Å². The average molecular weight is 400 g/mol. The Morgan fingerprint density at radius 1 is 1.32 bits per heavy atom. The van der Waals surface area contributed by atoms with Crippen molar-refractivity contribution in [3.8, 4) is 0 Å². The minimum atomic E-state index is -0.893. The molecule has 10 heteroatoms. The van der Waals surface area contributed by atoms with Crippen LogP contribution >= 0.6 is 11.3 Å². The number of aryl methyl sites for hydroxylation is 1. The molecule has 0 amide bonds. The van der Waals surface area contributed by atoms with Gasteiger partial charge in [-0.15, -0.1) is 0 Å². The number of hydrogen-bond donors (Lipinski definition) is 0. The summed E-state index contributed by atoms with van der Waals surface area (Å²) in [5, 5.41) is 4.96. The van der Waals surface area contributed by atoms with Gasteiger partial charge in [-0.25, -0.2) is 14.6 Å². The number of benzene rings is 1. The van der Waals surface area contributed by atoms with E-state index in [4.69, 9.17) is 9.15 Å². The SMILES string of the molecule is CCc1nn2c(=O)cc(COC(=O)[C@H](C)n3c(=O)oc4ccccc43)nc2s1. The van der Waals surface area contributed by atoms with Gasteiger partial charge in [-0.3, -0.25) is 9.36 Å². The fourth-order valence-electron chi connectivity index (χ4n) is 2.83. The van der Waals surface area contributed by atoms with Gasteiger partial charge in [-0.1, -0.05) is 30.4 Å². The Labute approximate surface area is 161 Å². The Balaban J connectivity index is 1.55. The van der Waals surface area contributed by atoms with Crippen molar-refractivity contribution < 1.29 is 13.9 Å². The van der Waals surface area contributed by atoms with Crippen molar-refractivity contribution in [2.24, 2.45) is 0 Å². The Kier molecular flexibility index (Phi) is 4.55. The molecule has 0 unspecified atom stereocenters. The first-order valence-corrected chi connectivity index (χ1v) is 9.45. The number of para-hydroxylation sites is 2. The Bertz CT molecular complexity index is 1300. The molecule has 0 saturated heterocycles. The molecule has 1 aromatic carbocycles. The molecule has 28 heavy (non-hydrogen) atoms. The van der Waals surface area contributed by atoms with E-state index >= 15 is 0 Å². The molecule has 1 atom stereocenters. The van der Waals surface area contributed by atoms with E-state index in [1.165, 1.54) is 26.5 Å². The molecule has 9 nitrogen and oxygen atoms in total. The van der Waals surface area contributed by atoms with Crippen LogP contribution < -0.4 is 11.3 Å².